The van der Waals surface area contributed by atoms with E-state index in [0.29, 0.717) is 0 Å². The van der Waals surface area contributed by atoms with Gasteiger partial charge in [0.25, 0.3) is 0 Å². The van der Waals surface area contributed by atoms with Crippen LogP contribution in [0.15, 0.2) is 199 Å². The summed E-state index contributed by atoms with van der Waals surface area (Å²) in [5.74, 6) is 1.08. The molecule has 12 rings (SSSR count). The molecule has 56 heavy (non-hydrogen) atoms. The van der Waals surface area contributed by atoms with Gasteiger partial charge in [-0.3, -0.25) is 0 Å². The van der Waals surface area contributed by atoms with Gasteiger partial charge in [-0.25, -0.2) is 0 Å². The molecule has 3 heterocycles. The van der Waals surface area contributed by atoms with E-state index >= 15 is 0 Å². The summed E-state index contributed by atoms with van der Waals surface area (Å²) in [4.78, 5) is 2.40. The summed E-state index contributed by atoms with van der Waals surface area (Å²) in [5, 5.41) is 7.05. The number of hydrogen-bond donors (Lipinski definition) is 0. The highest BCUT2D eigenvalue weighted by Gasteiger charge is 2.35. The zero-order valence-electron chi connectivity index (χ0n) is 30.3. The first-order valence-corrected chi connectivity index (χ1v) is 19.3. The van der Waals surface area contributed by atoms with E-state index in [1.807, 2.05) is 0 Å². The molecule has 8 aromatic carbocycles. The van der Waals surface area contributed by atoms with Gasteiger partial charge in [0.15, 0.2) is 0 Å². The molecule has 1 aliphatic heterocycles. The molecule has 0 saturated carbocycles. The highest BCUT2D eigenvalue weighted by atomic mass is 16.5. The number of hydrogen-bond acceptors (Lipinski definition) is 3. The van der Waals surface area contributed by atoms with Crippen LogP contribution in [-0.2, 0) is 0 Å². The van der Waals surface area contributed by atoms with Gasteiger partial charge < -0.3 is 18.6 Å². The van der Waals surface area contributed by atoms with Gasteiger partial charge in [-0.1, -0.05) is 127 Å². The minimum Gasteiger partial charge on any atom is -0.483 e. The second-order valence-corrected chi connectivity index (χ2v) is 14.8. The first kappa shape index (κ1) is 31.1. The van der Waals surface area contributed by atoms with Gasteiger partial charge in [-0.2, -0.15) is 0 Å². The molecule has 2 atom stereocenters. The summed E-state index contributed by atoms with van der Waals surface area (Å²) in [6, 6.07) is 61.0. The van der Waals surface area contributed by atoms with Crippen LogP contribution >= 0.6 is 0 Å². The molecule has 4 nitrogen and oxygen atoms in total. The second kappa shape index (κ2) is 12.1. The number of para-hydroxylation sites is 4. The number of fused-ring (bicyclic) bond motifs is 10. The van der Waals surface area contributed by atoms with Crippen LogP contribution in [0.4, 0.5) is 17.1 Å². The molecule has 2 unspecified atom stereocenters. The standard InChI is InChI=1S/C52H34N2O2/c1-2-15-34-31-50-43(30-33(34)14-1)51-41(22-13-29-49(51)55-50)39-20-5-9-26-46(39)54(47-27-12-23-42-40-21-6-10-28-48(40)56-52(42)47)36-17-11-16-35(32-36)53-44-24-7-3-18-37(44)38-19-4-8-25-45(38)53/h1-32,40,48H. The molecule has 2 aliphatic rings. The largest absolute Gasteiger partial charge is 0.483 e. The lowest BCUT2D eigenvalue weighted by Crippen LogP contribution is -2.16. The van der Waals surface area contributed by atoms with Crippen molar-refractivity contribution >= 4 is 71.6 Å². The summed E-state index contributed by atoms with van der Waals surface area (Å²) < 4.78 is 15.9. The van der Waals surface area contributed by atoms with E-state index in [0.717, 1.165) is 61.6 Å². The number of anilines is 3. The number of furan rings is 1. The molecule has 0 saturated heterocycles. The average molecular weight is 719 g/mol. The molecule has 0 fully saturated rings. The normalized spacial score (nSPS) is 15.9. The van der Waals surface area contributed by atoms with Crippen molar-refractivity contribution in [1.82, 2.24) is 4.57 Å². The Balaban J connectivity index is 1.12. The summed E-state index contributed by atoms with van der Waals surface area (Å²) in [6.07, 6.45) is 8.61. The number of aromatic nitrogens is 1. The first-order chi connectivity index (χ1) is 27.8. The Morgan fingerprint density at radius 1 is 0.500 bits per heavy atom. The van der Waals surface area contributed by atoms with Gasteiger partial charge in [0.1, 0.15) is 23.0 Å². The zero-order valence-corrected chi connectivity index (χ0v) is 30.3. The van der Waals surface area contributed by atoms with Gasteiger partial charge in [-0.15, -0.1) is 0 Å². The van der Waals surface area contributed by atoms with Crippen LogP contribution in [0.3, 0.4) is 0 Å². The van der Waals surface area contributed by atoms with Crippen LogP contribution in [0.25, 0.3) is 71.3 Å². The molecule has 2 aromatic heterocycles. The summed E-state index contributed by atoms with van der Waals surface area (Å²) in [5.41, 5.74) is 11.7. The van der Waals surface area contributed by atoms with Crippen molar-refractivity contribution < 1.29 is 9.15 Å². The number of nitrogens with zero attached hydrogens (tertiary/aromatic N) is 2. The lowest BCUT2D eigenvalue weighted by molar-refractivity contribution is 0.269. The van der Waals surface area contributed by atoms with Crippen LogP contribution < -0.4 is 9.64 Å². The third-order valence-electron chi connectivity index (χ3n) is 11.7. The summed E-state index contributed by atoms with van der Waals surface area (Å²) in [7, 11) is 0. The Hall–Kier alpha value is -7.30. The highest BCUT2D eigenvalue weighted by molar-refractivity contribution is 6.17. The number of allylic oxidation sites excluding steroid dienone is 2. The SMILES string of the molecule is C1=CC2Oc3c(cccc3N(c3cccc(-n4c5ccccc5c5ccccc54)c3)c3ccccc3-c3cccc4oc5cc6ccccc6cc5c34)C2C=C1. The van der Waals surface area contributed by atoms with E-state index in [4.69, 9.17) is 9.15 Å². The predicted molar refractivity (Wildman–Crippen MR) is 231 cm³/mol. The maximum Gasteiger partial charge on any atom is 0.148 e. The predicted octanol–water partition coefficient (Wildman–Crippen LogP) is 13.9. The van der Waals surface area contributed by atoms with Crippen molar-refractivity contribution in [2.75, 3.05) is 4.90 Å². The van der Waals surface area contributed by atoms with Crippen LogP contribution in [0.1, 0.15) is 11.5 Å². The van der Waals surface area contributed by atoms with Crippen LogP contribution in [-0.4, -0.2) is 10.7 Å². The molecule has 1 aliphatic carbocycles. The molecule has 0 bridgehead atoms. The number of rotatable bonds is 5. The summed E-state index contributed by atoms with van der Waals surface area (Å²) in [6.45, 7) is 0. The van der Waals surface area contributed by atoms with E-state index in [1.165, 1.54) is 38.1 Å². The Labute approximate surface area is 323 Å². The molecule has 0 amide bonds. The van der Waals surface area contributed by atoms with Gasteiger partial charge in [0, 0.05) is 50.0 Å². The fourth-order valence-electron chi connectivity index (χ4n) is 9.24. The molecule has 264 valence electrons. The molecular weight excluding hydrogens is 685 g/mol. The Bertz CT molecular complexity index is 3220. The van der Waals surface area contributed by atoms with E-state index in [9.17, 15) is 0 Å². The fraction of sp³-hybridized carbons (Fsp3) is 0.0385. The maximum absolute atomic E-state index is 6.89. The van der Waals surface area contributed by atoms with E-state index in [1.54, 1.807) is 0 Å². The molecule has 4 heteroatoms. The van der Waals surface area contributed by atoms with E-state index in [-0.39, 0.29) is 12.0 Å². The van der Waals surface area contributed by atoms with E-state index in [2.05, 4.69) is 204 Å². The highest BCUT2D eigenvalue weighted by Crippen LogP contribution is 2.52. The van der Waals surface area contributed by atoms with Crippen molar-refractivity contribution in [2.24, 2.45) is 0 Å². The third kappa shape index (κ3) is 4.59. The minimum absolute atomic E-state index is 0.0435. The van der Waals surface area contributed by atoms with Gasteiger partial charge in [0.05, 0.1) is 22.4 Å². The molecule has 0 radical (unpaired) electrons. The fourth-order valence-corrected chi connectivity index (χ4v) is 9.24. The van der Waals surface area contributed by atoms with Crippen molar-refractivity contribution in [1.29, 1.82) is 0 Å². The smallest absolute Gasteiger partial charge is 0.148 e. The monoisotopic (exact) mass is 718 g/mol. The molecule has 10 aromatic rings. The van der Waals surface area contributed by atoms with Crippen molar-refractivity contribution in [3.8, 4) is 22.6 Å². The maximum atomic E-state index is 6.89. The topological polar surface area (TPSA) is 30.5 Å². The quantitative estimate of drug-likeness (QED) is 0.177. The second-order valence-electron chi connectivity index (χ2n) is 14.8. The van der Waals surface area contributed by atoms with Crippen molar-refractivity contribution in [3.05, 3.63) is 200 Å². The van der Waals surface area contributed by atoms with Crippen molar-refractivity contribution in [3.63, 3.8) is 0 Å². The molecule has 0 spiro atoms. The Morgan fingerprint density at radius 3 is 2.04 bits per heavy atom. The Kier molecular flexibility index (Phi) is 6.72. The number of benzene rings is 8. The van der Waals surface area contributed by atoms with Crippen LogP contribution in [0.2, 0.25) is 0 Å². The van der Waals surface area contributed by atoms with Gasteiger partial charge in [0.2, 0.25) is 0 Å². The minimum atomic E-state index is -0.0435. The molecule has 0 N–H and O–H groups in total. The van der Waals surface area contributed by atoms with E-state index < -0.39 is 0 Å². The van der Waals surface area contributed by atoms with Crippen LogP contribution in [0.5, 0.6) is 5.75 Å². The first-order valence-electron chi connectivity index (χ1n) is 19.3. The van der Waals surface area contributed by atoms with Gasteiger partial charge in [-0.05, 0) is 83.1 Å². The van der Waals surface area contributed by atoms with Crippen molar-refractivity contribution in [2.45, 2.75) is 12.0 Å². The summed E-state index contributed by atoms with van der Waals surface area (Å²) >= 11 is 0. The molecular formula is C52H34N2O2. The Morgan fingerprint density at radius 2 is 1.18 bits per heavy atom. The van der Waals surface area contributed by atoms with Crippen LogP contribution in [0, 0.1) is 0 Å². The lowest BCUT2D eigenvalue weighted by Gasteiger charge is -2.30. The third-order valence-corrected chi connectivity index (χ3v) is 11.7. The zero-order chi connectivity index (χ0) is 36.7. The van der Waals surface area contributed by atoms with Gasteiger partial charge >= 0.3 is 0 Å². The average Bonchev–Trinajstić information content (AvgIpc) is 3.93. The number of ether oxygens (including phenoxy) is 1. The lowest BCUT2D eigenvalue weighted by atomic mass is 9.91.